The van der Waals surface area contributed by atoms with Gasteiger partial charge in [0.2, 0.25) is 11.8 Å². The molecule has 2 heterocycles. The van der Waals surface area contributed by atoms with Gasteiger partial charge in [0.15, 0.2) is 0 Å². The number of aromatic nitrogens is 2. The third kappa shape index (κ3) is 2.94. The van der Waals surface area contributed by atoms with Gasteiger partial charge >= 0.3 is 0 Å². The van der Waals surface area contributed by atoms with E-state index in [0.717, 1.165) is 18.5 Å². The zero-order valence-electron chi connectivity index (χ0n) is 10.3. The molecule has 1 aliphatic rings. The molecule has 0 amide bonds. The van der Waals surface area contributed by atoms with E-state index in [4.69, 9.17) is 16.0 Å². The molecule has 1 saturated heterocycles. The minimum Gasteiger partial charge on any atom is -0.419 e. The highest BCUT2D eigenvalue weighted by molar-refractivity contribution is 6.30. The lowest BCUT2D eigenvalue weighted by Crippen LogP contribution is -2.21. The molecule has 5 nitrogen and oxygen atoms in total. The summed E-state index contributed by atoms with van der Waals surface area (Å²) in [6, 6.07) is 7.27. The molecule has 1 aromatic carbocycles. The van der Waals surface area contributed by atoms with Crippen molar-refractivity contribution in [3.8, 4) is 11.5 Å². The van der Waals surface area contributed by atoms with Crippen LogP contribution in [-0.4, -0.2) is 39.4 Å². The molecule has 1 aromatic heterocycles. The van der Waals surface area contributed by atoms with E-state index in [2.05, 4.69) is 15.1 Å². The summed E-state index contributed by atoms with van der Waals surface area (Å²) < 4.78 is 5.62. The van der Waals surface area contributed by atoms with E-state index in [0.29, 0.717) is 29.9 Å². The van der Waals surface area contributed by atoms with Crippen LogP contribution in [0.4, 0.5) is 0 Å². The van der Waals surface area contributed by atoms with Crippen LogP contribution in [0, 0.1) is 0 Å². The number of aliphatic hydroxyl groups excluding tert-OH is 1. The van der Waals surface area contributed by atoms with Gasteiger partial charge in [-0.3, -0.25) is 4.90 Å². The van der Waals surface area contributed by atoms with Crippen LogP contribution in [0.3, 0.4) is 0 Å². The Kier molecular flexibility index (Phi) is 3.50. The lowest BCUT2D eigenvalue weighted by Gasteiger charge is -2.10. The largest absolute Gasteiger partial charge is 0.419 e. The highest BCUT2D eigenvalue weighted by Crippen LogP contribution is 2.21. The van der Waals surface area contributed by atoms with E-state index in [1.807, 2.05) is 12.1 Å². The highest BCUT2D eigenvalue weighted by atomic mass is 35.5. The zero-order chi connectivity index (χ0) is 13.2. The van der Waals surface area contributed by atoms with E-state index < -0.39 is 0 Å². The topological polar surface area (TPSA) is 62.4 Å². The number of β-amino-alcohol motifs (C(OH)–C–C–N with tert-alkyl or cyclic N) is 1. The molecule has 1 fully saturated rings. The number of hydrogen-bond acceptors (Lipinski definition) is 5. The molecular weight excluding hydrogens is 266 g/mol. The summed E-state index contributed by atoms with van der Waals surface area (Å²) in [6.07, 6.45) is 0.566. The van der Waals surface area contributed by atoms with Gasteiger partial charge in [0.1, 0.15) is 0 Å². The maximum atomic E-state index is 9.47. The highest BCUT2D eigenvalue weighted by Gasteiger charge is 2.22. The Morgan fingerprint density at radius 3 is 2.79 bits per heavy atom. The fourth-order valence-electron chi connectivity index (χ4n) is 2.17. The van der Waals surface area contributed by atoms with Crippen molar-refractivity contribution in [3.63, 3.8) is 0 Å². The normalized spacial score (nSPS) is 20.0. The average molecular weight is 280 g/mol. The molecule has 100 valence electrons. The first-order chi connectivity index (χ1) is 9.20. The van der Waals surface area contributed by atoms with Gasteiger partial charge in [-0.1, -0.05) is 11.6 Å². The van der Waals surface area contributed by atoms with Crippen LogP contribution in [0.1, 0.15) is 12.3 Å². The number of benzene rings is 1. The molecule has 6 heteroatoms. The van der Waals surface area contributed by atoms with Crippen LogP contribution in [0.25, 0.3) is 11.5 Å². The van der Waals surface area contributed by atoms with Crippen LogP contribution in [-0.2, 0) is 6.54 Å². The Morgan fingerprint density at radius 2 is 2.11 bits per heavy atom. The van der Waals surface area contributed by atoms with Crippen LogP contribution >= 0.6 is 11.6 Å². The molecule has 1 atom stereocenters. The Bertz CT molecular complexity index is 555. The van der Waals surface area contributed by atoms with Gasteiger partial charge in [-0.2, -0.15) is 0 Å². The summed E-state index contributed by atoms with van der Waals surface area (Å²) in [5.41, 5.74) is 0.851. The minimum absolute atomic E-state index is 0.237. The van der Waals surface area contributed by atoms with Gasteiger partial charge in [-0.05, 0) is 30.7 Å². The van der Waals surface area contributed by atoms with Crippen molar-refractivity contribution in [3.05, 3.63) is 35.2 Å². The second-order valence-corrected chi connectivity index (χ2v) is 5.12. The van der Waals surface area contributed by atoms with Crippen molar-refractivity contribution in [1.82, 2.24) is 15.1 Å². The molecule has 0 saturated carbocycles. The SMILES string of the molecule is O[C@@H]1CCN(Cc2nnc(-c3ccc(Cl)cc3)o2)C1. The van der Waals surface area contributed by atoms with Gasteiger partial charge < -0.3 is 9.52 Å². The Hall–Kier alpha value is -1.43. The molecule has 1 aliphatic heterocycles. The van der Waals surface area contributed by atoms with E-state index in [1.165, 1.54) is 0 Å². The summed E-state index contributed by atoms with van der Waals surface area (Å²) in [5.74, 6) is 1.06. The third-order valence-electron chi connectivity index (χ3n) is 3.16. The first-order valence-corrected chi connectivity index (χ1v) is 6.57. The van der Waals surface area contributed by atoms with Crippen LogP contribution in [0.2, 0.25) is 5.02 Å². The quantitative estimate of drug-likeness (QED) is 0.930. The Balaban J connectivity index is 1.71. The zero-order valence-corrected chi connectivity index (χ0v) is 11.0. The molecule has 0 bridgehead atoms. The van der Waals surface area contributed by atoms with E-state index in [-0.39, 0.29) is 6.10 Å². The van der Waals surface area contributed by atoms with E-state index >= 15 is 0 Å². The summed E-state index contributed by atoms with van der Waals surface area (Å²) in [6.45, 7) is 2.11. The molecule has 0 radical (unpaired) electrons. The molecule has 0 spiro atoms. The minimum atomic E-state index is -0.237. The maximum Gasteiger partial charge on any atom is 0.247 e. The monoisotopic (exact) mass is 279 g/mol. The van der Waals surface area contributed by atoms with Gasteiger partial charge in [-0.15, -0.1) is 10.2 Å². The fraction of sp³-hybridized carbons (Fsp3) is 0.385. The predicted molar refractivity (Wildman–Crippen MR) is 70.6 cm³/mol. The van der Waals surface area contributed by atoms with Gasteiger partial charge in [0.05, 0.1) is 12.6 Å². The first kappa shape index (κ1) is 12.6. The van der Waals surface area contributed by atoms with Crippen molar-refractivity contribution in [1.29, 1.82) is 0 Å². The van der Waals surface area contributed by atoms with Crippen molar-refractivity contribution in [2.24, 2.45) is 0 Å². The summed E-state index contributed by atoms with van der Waals surface area (Å²) in [7, 11) is 0. The van der Waals surface area contributed by atoms with Crippen LogP contribution < -0.4 is 0 Å². The van der Waals surface area contributed by atoms with E-state index in [9.17, 15) is 5.11 Å². The lowest BCUT2D eigenvalue weighted by molar-refractivity contribution is 0.171. The molecule has 19 heavy (non-hydrogen) atoms. The predicted octanol–water partition coefficient (Wildman–Crippen LogP) is 1.96. The molecular formula is C13H14ClN3O2. The number of halogens is 1. The third-order valence-corrected chi connectivity index (χ3v) is 3.42. The van der Waals surface area contributed by atoms with Crippen molar-refractivity contribution in [2.75, 3.05) is 13.1 Å². The maximum absolute atomic E-state index is 9.47. The molecule has 0 unspecified atom stereocenters. The molecule has 0 aliphatic carbocycles. The van der Waals surface area contributed by atoms with Gasteiger partial charge in [0, 0.05) is 23.7 Å². The Morgan fingerprint density at radius 1 is 1.32 bits per heavy atom. The number of aliphatic hydroxyl groups is 1. The first-order valence-electron chi connectivity index (χ1n) is 6.19. The lowest BCUT2D eigenvalue weighted by atomic mass is 10.2. The van der Waals surface area contributed by atoms with Crippen molar-refractivity contribution >= 4 is 11.6 Å². The van der Waals surface area contributed by atoms with E-state index in [1.54, 1.807) is 12.1 Å². The second-order valence-electron chi connectivity index (χ2n) is 4.69. The Labute approximate surface area is 115 Å². The number of likely N-dealkylation sites (tertiary alicyclic amines) is 1. The number of hydrogen-bond donors (Lipinski definition) is 1. The fourth-order valence-corrected chi connectivity index (χ4v) is 2.30. The molecule has 1 N–H and O–H groups in total. The van der Waals surface area contributed by atoms with Crippen molar-refractivity contribution < 1.29 is 9.52 Å². The van der Waals surface area contributed by atoms with Crippen molar-refractivity contribution in [2.45, 2.75) is 19.1 Å². The number of rotatable bonds is 3. The smallest absolute Gasteiger partial charge is 0.247 e. The molecule has 2 aromatic rings. The second kappa shape index (κ2) is 5.28. The molecule has 3 rings (SSSR count). The standard InChI is InChI=1S/C13H14ClN3O2/c14-10-3-1-9(2-4-10)13-16-15-12(19-13)8-17-6-5-11(18)7-17/h1-4,11,18H,5-8H2/t11-/m1/s1. The number of nitrogens with zero attached hydrogens (tertiary/aromatic N) is 3. The summed E-state index contributed by atoms with van der Waals surface area (Å²) >= 11 is 5.83. The summed E-state index contributed by atoms with van der Waals surface area (Å²) in [5, 5.41) is 18.2. The van der Waals surface area contributed by atoms with Gasteiger partial charge in [0.25, 0.3) is 0 Å². The summed E-state index contributed by atoms with van der Waals surface area (Å²) in [4.78, 5) is 2.10. The average Bonchev–Trinajstić information content (AvgIpc) is 3.00. The van der Waals surface area contributed by atoms with Gasteiger partial charge in [-0.25, -0.2) is 0 Å². The van der Waals surface area contributed by atoms with Crippen LogP contribution in [0.15, 0.2) is 28.7 Å². The van der Waals surface area contributed by atoms with Crippen LogP contribution in [0.5, 0.6) is 0 Å².